The Balaban J connectivity index is 1.49. The van der Waals surface area contributed by atoms with Crippen LogP contribution in [0.3, 0.4) is 0 Å². The number of hydrogen-bond acceptors (Lipinski definition) is 5. The van der Waals surface area contributed by atoms with Gasteiger partial charge in [-0.05, 0) is 42.0 Å². The lowest BCUT2D eigenvalue weighted by Gasteiger charge is -2.10. The van der Waals surface area contributed by atoms with E-state index in [0.29, 0.717) is 31.6 Å². The van der Waals surface area contributed by atoms with Crippen LogP contribution in [-0.2, 0) is 4.79 Å². The molecule has 1 N–H and O–H groups in total. The molecule has 10 heteroatoms. The number of thioether (sulfide) groups is 1. The first-order valence-corrected chi connectivity index (χ1v) is 11.8. The van der Waals surface area contributed by atoms with Crippen LogP contribution in [0.25, 0.3) is 17.1 Å². The Hall–Kier alpha value is -2.84. The zero-order chi connectivity index (χ0) is 23.2. The predicted molar refractivity (Wildman–Crippen MR) is 135 cm³/mol. The molecule has 0 aliphatic carbocycles. The molecule has 0 spiro atoms. The third-order valence-electron chi connectivity index (χ3n) is 4.43. The molecule has 0 bridgehead atoms. The number of carbonyl (C=O) groups excluding carboxylic acids is 1. The molecule has 0 aliphatic rings. The molecular formula is C23H16Cl3N5OS. The Kier molecular flexibility index (Phi) is 7.67. The SMILES string of the molecule is O=C(CSc1nnc(-c2ccccc2)n1-c1ccc(Cl)cc1)N/N=C/c1ccc(Cl)c(Cl)c1. The maximum Gasteiger partial charge on any atom is 0.250 e. The number of amides is 1. The van der Waals surface area contributed by atoms with Crippen molar-refractivity contribution in [3.05, 3.63) is 93.4 Å². The highest BCUT2D eigenvalue weighted by Gasteiger charge is 2.17. The number of nitrogens with zero attached hydrogens (tertiary/aromatic N) is 4. The van der Waals surface area contributed by atoms with Gasteiger partial charge < -0.3 is 0 Å². The summed E-state index contributed by atoms with van der Waals surface area (Å²) >= 11 is 19.2. The number of nitrogens with one attached hydrogen (secondary N) is 1. The van der Waals surface area contributed by atoms with Gasteiger partial charge in [-0.15, -0.1) is 10.2 Å². The van der Waals surface area contributed by atoms with Gasteiger partial charge in [0.1, 0.15) is 0 Å². The van der Waals surface area contributed by atoms with E-state index in [9.17, 15) is 4.79 Å². The molecule has 0 aliphatic heterocycles. The topological polar surface area (TPSA) is 72.2 Å². The Morgan fingerprint density at radius 1 is 0.970 bits per heavy atom. The van der Waals surface area contributed by atoms with Gasteiger partial charge in [-0.25, -0.2) is 5.43 Å². The minimum absolute atomic E-state index is 0.0965. The summed E-state index contributed by atoms with van der Waals surface area (Å²) < 4.78 is 1.89. The van der Waals surface area contributed by atoms with Crippen molar-refractivity contribution < 1.29 is 4.79 Å². The van der Waals surface area contributed by atoms with E-state index in [-0.39, 0.29) is 11.7 Å². The molecule has 0 atom stereocenters. The molecule has 0 unspecified atom stereocenters. The number of benzene rings is 3. The molecule has 1 aromatic heterocycles. The fourth-order valence-electron chi connectivity index (χ4n) is 2.89. The fourth-order valence-corrected chi connectivity index (χ4v) is 4.07. The Morgan fingerprint density at radius 3 is 2.45 bits per heavy atom. The van der Waals surface area contributed by atoms with Crippen molar-refractivity contribution in [2.45, 2.75) is 5.16 Å². The van der Waals surface area contributed by atoms with Crippen molar-refractivity contribution in [3.8, 4) is 17.1 Å². The Labute approximate surface area is 209 Å². The molecule has 33 heavy (non-hydrogen) atoms. The number of hydrogen-bond donors (Lipinski definition) is 1. The molecule has 4 rings (SSSR count). The van der Waals surface area contributed by atoms with Gasteiger partial charge >= 0.3 is 0 Å². The summed E-state index contributed by atoms with van der Waals surface area (Å²) in [7, 11) is 0. The van der Waals surface area contributed by atoms with Gasteiger partial charge in [0.15, 0.2) is 11.0 Å². The number of halogens is 3. The van der Waals surface area contributed by atoms with E-state index in [1.807, 2.05) is 47.0 Å². The average Bonchev–Trinajstić information content (AvgIpc) is 3.25. The lowest BCUT2D eigenvalue weighted by Crippen LogP contribution is -2.20. The first-order valence-electron chi connectivity index (χ1n) is 9.68. The molecule has 0 fully saturated rings. The van der Waals surface area contributed by atoms with Gasteiger partial charge in [0.25, 0.3) is 5.91 Å². The molecule has 4 aromatic rings. The average molecular weight is 517 g/mol. The summed E-state index contributed by atoms with van der Waals surface area (Å²) in [5.74, 6) is 0.473. The van der Waals surface area contributed by atoms with Gasteiger partial charge in [0, 0.05) is 16.3 Å². The second-order valence-electron chi connectivity index (χ2n) is 6.74. The van der Waals surface area contributed by atoms with Crippen LogP contribution in [0.5, 0.6) is 0 Å². The zero-order valence-corrected chi connectivity index (χ0v) is 20.0. The summed E-state index contributed by atoms with van der Waals surface area (Å²) in [5.41, 5.74) is 4.96. The van der Waals surface area contributed by atoms with Crippen LogP contribution in [0.2, 0.25) is 15.1 Å². The standard InChI is InChI=1S/C23H16Cl3N5OS/c24-17-7-9-18(10-8-17)31-22(16-4-2-1-3-5-16)29-30-23(31)33-14-21(32)28-27-13-15-6-11-19(25)20(26)12-15/h1-13H,14H2,(H,28,32)/b27-13+. The molecule has 3 aromatic carbocycles. The summed E-state index contributed by atoms with van der Waals surface area (Å²) in [4.78, 5) is 12.3. The first-order chi connectivity index (χ1) is 16.0. The number of hydrazone groups is 1. The quantitative estimate of drug-likeness (QED) is 0.182. The maximum absolute atomic E-state index is 12.3. The molecule has 1 heterocycles. The molecule has 1 amide bonds. The predicted octanol–water partition coefficient (Wildman–Crippen LogP) is 6.14. The van der Waals surface area contributed by atoms with E-state index in [0.717, 1.165) is 11.3 Å². The summed E-state index contributed by atoms with van der Waals surface area (Å²) in [6.07, 6.45) is 1.49. The molecule has 0 saturated carbocycles. The number of aromatic nitrogens is 3. The number of carbonyl (C=O) groups is 1. The summed E-state index contributed by atoms with van der Waals surface area (Å²) in [5, 5.41) is 14.7. The van der Waals surface area contributed by atoms with Gasteiger partial charge in [-0.2, -0.15) is 5.10 Å². The second kappa shape index (κ2) is 10.9. The third kappa shape index (κ3) is 5.94. The second-order valence-corrected chi connectivity index (χ2v) is 8.93. The van der Waals surface area contributed by atoms with Crippen LogP contribution in [-0.4, -0.2) is 32.6 Å². The summed E-state index contributed by atoms with van der Waals surface area (Å²) in [6, 6.07) is 22.1. The van der Waals surface area contributed by atoms with Crippen LogP contribution >= 0.6 is 46.6 Å². The highest BCUT2D eigenvalue weighted by molar-refractivity contribution is 7.99. The van der Waals surface area contributed by atoms with E-state index >= 15 is 0 Å². The third-order valence-corrected chi connectivity index (χ3v) is 6.35. The van der Waals surface area contributed by atoms with Crippen LogP contribution in [0.4, 0.5) is 0 Å². The molecule has 6 nitrogen and oxygen atoms in total. The number of rotatable bonds is 7. The van der Waals surface area contributed by atoms with Crippen molar-refractivity contribution >= 4 is 58.7 Å². The highest BCUT2D eigenvalue weighted by Crippen LogP contribution is 2.28. The normalized spacial score (nSPS) is 11.1. The van der Waals surface area contributed by atoms with Gasteiger partial charge in [0.05, 0.1) is 22.0 Å². The first kappa shape index (κ1) is 23.3. The lowest BCUT2D eigenvalue weighted by molar-refractivity contribution is -0.118. The van der Waals surface area contributed by atoms with E-state index in [4.69, 9.17) is 34.8 Å². The minimum Gasteiger partial charge on any atom is -0.272 e. The van der Waals surface area contributed by atoms with E-state index in [2.05, 4.69) is 20.7 Å². The van der Waals surface area contributed by atoms with Crippen LogP contribution < -0.4 is 5.43 Å². The molecule has 0 radical (unpaired) electrons. The van der Waals surface area contributed by atoms with Crippen LogP contribution in [0, 0.1) is 0 Å². The molecule has 166 valence electrons. The van der Waals surface area contributed by atoms with Crippen molar-refractivity contribution in [2.24, 2.45) is 5.10 Å². The highest BCUT2D eigenvalue weighted by atomic mass is 35.5. The van der Waals surface area contributed by atoms with Gasteiger partial charge in [0.2, 0.25) is 0 Å². The van der Waals surface area contributed by atoms with Crippen LogP contribution in [0.1, 0.15) is 5.56 Å². The van der Waals surface area contributed by atoms with Crippen molar-refractivity contribution in [1.29, 1.82) is 0 Å². The summed E-state index contributed by atoms with van der Waals surface area (Å²) in [6.45, 7) is 0. The van der Waals surface area contributed by atoms with E-state index in [1.165, 1.54) is 18.0 Å². The fraction of sp³-hybridized carbons (Fsp3) is 0.0435. The minimum atomic E-state index is -0.289. The van der Waals surface area contributed by atoms with E-state index in [1.54, 1.807) is 30.3 Å². The lowest BCUT2D eigenvalue weighted by atomic mass is 10.2. The Morgan fingerprint density at radius 2 is 1.73 bits per heavy atom. The smallest absolute Gasteiger partial charge is 0.250 e. The molecular weight excluding hydrogens is 501 g/mol. The van der Waals surface area contributed by atoms with Crippen molar-refractivity contribution in [3.63, 3.8) is 0 Å². The van der Waals surface area contributed by atoms with Crippen molar-refractivity contribution in [2.75, 3.05) is 5.75 Å². The van der Waals surface area contributed by atoms with Crippen molar-refractivity contribution in [1.82, 2.24) is 20.2 Å². The molecule has 0 saturated heterocycles. The van der Waals surface area contributed by atoms with Crippen LogP contribution in [0.15, 0.2) is 83.1 Å². The Bertz CT molecular complexity index is 1290. The van der Waals surface area contributed by atoms with Gasteiger partial charge in [-0.1, -0.05) is 83.0 Å². The maximum atomic E-state index is 12.3. The monoisotopic (exact) mass is 515 g/mol. The van der Waals surface area contributed by atoms with E-state index < -0.39 is 0 Å². The largest absolute Gasteiger partial charge is 0.272 e. The van der Waals surface area contributed by atoms with Gasteiger partial charge in [-0.3, -0.25) is 9.36 Å². The zero-order valence-electron chi connectivity index (χ0n) is 17.0.